The van der Waals surface area contributed by atoms with Crippen molar-refractivity contribution in [3.63, 3.8) is 0 Å². The summed E-state index contributed by atoms with van der Waals surface area (Å²) in [7, 11) is 3.42. The van der Waals surface area contributed by atoms with Crippen molar-refractivity contribution in [3.05, 3.63) is 18.0 Å². The summed E-state index contributed by atoms with van der Waals surface area (Å²) in [6, 6.07) is 1.89. The minimum Gasteiger partial charge on any atom is -0.384 e. The van der Waals surface area contributed by atoms with E-state index in [4.69, 9.17) is 10.5 Å². The molecule has 0 aliphatic heterocycles. The Labute approximate surface area is 99.2 Å². The molecule has 3 N–H and O–H groups in total. The van der Waals surface area contributed by atoms with Crippen LogP contribution in [0.4, 0.5) is 11.6 Å². The maximum Gasteiger partial charge on any atom is 0.169 e. The van der Waals surface area contributed by atoms with Crippen LogP contribution in [0.15, 0.2) is 12.3 Å². The van der Waals surface area contributed by atoms with Gasteiger partial charge in [0.05, 0.1) is 18.3 Å². The second-order valence-electron chi connectivity index (χ2n) is 3.61. The molecule has 0 saturated heterocycles. The van der Waals surface area contributed by atoms with Crippen molar-refractivity contribution in [1.29, 1.82) is 0 Å². The summed E-state index contributed by atoms with van der Waals surface area (Å²) in [5.74, 6) is 0.966. The lowest BCUT2D eigenvalue weighted by Crippen LogP contribution is -2.03. The Kier molecular flexibility index (Phi) is 3.34. The van der Waals surface area contributed by atoms with E-state index in [1.54, 1.807) is 20.4 Å². The second-order valence-corrected chi connectivity index (χ2v) is 3.61. The highest BCUT2D eigenvalue weighted by Gasteiger charge is 2.05. The van der Waals surface area contributed by atoms with Crippen molar-refractivity contribution in [1.82, 2.24) is 15.0 Å². The van der Waals surface area contributed by atoms with Gasteiger partial charge in [-0.25, -0.2) is 9.97 Å². The molecule has 2 aromatic rings. The number of rotatable bonds is 4. The third-order valence-corrected chi connectivity index (χ3v) is 2.43. The Bertz CT molecular complexity index is 528. The summed E-state index contributed by atoms with van der Waals surface area (Å²) in [5, 5.41) is 2.89. The molecule has 6 heteroatoms. The number of nitrogens with two attached hydrogens (primary N) is 1. The van der Waals surface area contributed by atoms with Gasteiger partial charge in [-0.2, -0.15) is 0 Å². The van der Waals surface area contributed by atoms with Crippen LogP contribution >= 0.6 is 0 Å². The molecule has 6 nitrogen and oxygen atoms in total. The van der Waals surface area contributed by atoms with Gasteiger partial charge in [0.15, 0.2) is 11.6 Å². The van der Waals surface area contributed by atoms with Crippen LogP contribution in [0.2, 0.25) is 0 Å². The Balaban J connectivity index is 2.40. The lowest BCUT2D eigenvalue weighted by molar-refractivity contribution is 0.201. The monoisotopic (exact) mass is 233 g/mol. The smallest absolute Gasteiger partial charge is 0.169 e. The third kappa shape index (κ3) is 2.42. The van der Waals surface area contributed by atoms with Gasteiger partial charge in [0.25, 0.3) is 0 Å². The number of pyridine rings is 1. The van der Waals surface area contributed by atoms with E-state index < -0.39 is 0 Å². The molecule has 0 radical (unpaired) electrons. The number of aromatic nitrogens is 3. The molecule has 0 fully saturated rings. The summed E-state index contributed by atoms with van der Waals surface area (Å²) in [4.78, 5) is 12.9. The number of ether oxygens (including phenoxy) is 1. The molecule has 0 spiro atoms. The fourth-order valence-electron chi connectivity index (χ4n) is 1.54. The van der Waals surface area contributed by atoms with Gasteiger partial charge in [0, 0.05) is 26.3 Å². The van der Waals surface area contributed by atoms with E-state index in [1.165, 1.54) is 0 Å². The van der Waals surface area contributed by atoms with Crippen LogP contribution in [0.1, 0.15) is 5.69 Å². The quantitative estimate of drug-likeness (QED) is 0.813. The fourth-order valence-corrected chi connectivity index (χ4v) is 1.54. The van der Waals surface area contributed by atoms with Gasteiger partial charge >= 0.3 is 0 Å². The molecule has 2 heterocycles. The number of nitrogens with one attached hydrogen (secondary N) is 1. The van der Waals surface area contributed by atoms with Crippen molar-refractivity contribution in [2.75, 3.05) is 31.8 Å². The number of anilines is 2. The Morgan fingerprint density at radius 3 is 2.88 bits per heavy atom. The molecule has 0 bridgehead atoms. The summed E-state index contributed by atoms with van der Waals surface area (Å²) in [6.45, 7) is 0.635. The average molecular weight is 233 g/mol. The molecule has 0 saturated carbocycles. The van der Waals surface area contributed by atoms with E-state index in [0.29, 0.717) is 18.2 Å². The maximum absolute atomic E-state index is 5.77. The molecule has 0 aromatic carbocycles. The number of nitrogens with zero attached hydrogens (tertiary/aromatic N) is 3. The molecule has 0 aliphatic rings. The van der Waals surface area contributed by atoms with Gasteiger partial charge in [-0.05, 0) is 6.07 Å². The van der Waals surface area contributed by atoms with Crippen LogP contribution in [0, 0.1) is 0 Å². The molecule has 0 aliphatic carbocycles. The maximum atomic E-state index is 5.77. The summed E-state index contributed by atoms with van der Waals surface area (Å²) >= 11 is 0. The highest BCUT2D eigenvalue weighted by atomic mass is 16.5. The number of nitrogen functional groups attached to an aromatic ring is 1. The zero-order valence-electron chi connectivity index (χ0n) is 9.90. The van der Waals surface area contributed by atoms with Crippen LogP contribution in [-0.4, -0.2) is 35.7 Å². The van der Waals surface area contributed by atoms with Gasteiger partial charge in [-0.3, -0.25) is 4.98 Å². The van der Waals surface area contributed by atoms with Crippen LogP contribution in [0.5, 0.6) is 0 Å². The minimum atomic E-state index is 0.392. The van der Waals surface area contributed by atoms with Gasteiger partial charge in [-0.15, -0.1) is 0 Å². The topological polar surface area (TPSA) is 86.0 Å². The predicted molar refractivity (Wildman–Crippen MR) is 66.9 cm³/mol. The Hall–Kier alpha value is -1.95. The van der Waals surface area contributed by atoms with Crippen LogP contribution < -0.4 is 11.1 Å². The normalized spacial score (nSPS) is 10.7. The van der Waals surface area contributed by atoms with E-state index in [1.807, 2.05) is 6.07 Å². The van der Waals surface area contributed by atoms with E-state index in [9.17, 15) is 0 Å². The summed E-state index contributed by atoms with van der Waals surface area (Å²) in [5.41, 5.74) is 8.17. The molecule has 2 rings (SSSR count). The third-order valence-electron chi connectivity index (χ3n) is 2.43. The first kappa shape index (κ1) is 11.5. The van der Waals surface area contributed by atoms with E-state index in [2.05, 4.69) is 20.3 Å². The van der Waals surface area contributed by atoms with Crippen molar-refractivity contribution in [2.24, 2.45) is 0 Å². The molecular formula is C11H15N5O. The number of fused-ring (bicyclic) bond motifs is 1. The zero-order valence-corrected chi connectivity index (χ0v) is 9.90. The largest absolute Gasteiger partial charge is 0.384 e. The molecule has 17 heavy (non-hydrogen) atoms. The molecule has 2 aromatic heterocycles. The molecule has 90 valence electrons. The summed E-state index contributed by atoms with van der Waals surface area (Å²) in [6.07, 6.45) is 2.45. The number of methoxy groups -OCH3 is 1. The van der Waals surface area contributed by atoms with Gasteiger partial charge in [-0.1, -0.05) is 0 Å². The molecular weight excluding hydrogens is 218 g/mol. The Morgan fingerprint density at radius 2 is 2.18 bits per heavy atom. The average Bonchev–Trinajstić information content (AvgIpc) is 2.35. The number of hydrogen-bond donors (Lipinski definition) is 2. The Morgan fingerprint density at radius 1 is 1.35 bits per heavy atom. The highest BCUT2D eigenvalue weighted by Crippen LogP contribution is 2.18. The number of hydrogen-bond acceptors (Lipinski definition) is 6. The molecule has 0 atom stereocenters. The van der Waals surface area contributed by atoms with Crippen LogP contribution in [0.25, 0.3) is 11.0 Å². The van der Waals surface area contributed by atoms with Gasteiger partial charge in [0.1, 0.15) is 5.52 Å². The fraction of sp³-hybridized carbons (Fsp3) is 0.364. The second kappa shape index (κ2) is 4.92. The van der Waals surface area contributed by atoms with Crippen LogP contribution in [-0.2, 0) is 11.2 Å². The predicted octanol–water partition coefficient (Wildman–Crippen LogP) is 0.838. The zero-order chi connectivity index (χ0) is 12.3. The minimum absolute atomic E-state index is 0.392. The van der Waals surface area contributed by atoms with E-state index >= 15 is 0 Å². The SMILES string of the molecule is CNc1nc2cnc(CCOC)cc2nc1N. The standard InChI is InChI=1S/C11H15N5O/c1-13-11-10(12)15-8-5-7(3-4-17-2)14-6-9(8)16-11/h5-6H,3-4H2,1-2H3,(H2,12,15)(H,13,16). The molecule has 0 unspecified atom stereocenters. The first-order chi connectivity index (χ1) is 8.24. The van der Waals surface area contributed by atoms with Crippen molar-refractivity contribution in [2.45, 2.75) is 6.42 Å². The highest BCUT2D eigenvalue weighted by molar-refractivity contribution is 5.79. The van der Waals surface area contributed by atoms with E-state index in [0.717, 1.165) is 23.1 Å². The lowest BCUT2D eigenvalue weighted by atomic mass is 10.2. The van der Waals surface area contributed by atoms with E-state index in [-0.39, 0.29) is 0 Å². The molecule has 0 amide bonds. The van der Waals surface area contributed by atoms with Crippen molar-refractivity contribution < 1.29 is 4.74 Å². The van der Waals surface area contributed by atoms with Crippen molar-refractivity contribution >= 4 is 22.7 Å². The van der Waals surface area contributed by atoms with Crippen molar-refractivity contribution in [3.8, 4) is 0 Å². The first-order valence-corrected chi connectivity index (χ1v) is 5.33. The van der Waals surface area contributed by atoms with Gasteiger partial charge < -0.3 is 15.8 Å². The summed E-state index contributed by atoms with van der Waals surface area (Å²) < 4.78 is 5.01. The lowest BCUT2D eigenvalue weighted by Gasteiger charge is -2.06. The van der Waals surface area contributed by atoms with Gasteiger partial charge in [0.2, 0.25) is 0 Å². The van der Waals surface area contributed by atoms with Crippen LogP contribution in [0.3, 0.4) is 0 Å². The first-order valence-electron chi connectivity index (χ1n) is 5.33.